The van der Waals surface area contributed by atoms with Gasteiger partial charge in [-0.3, -0.25) is 9.59 Å². The highest BCUT2D eigenvalue weighted by Gasteiger charge is 2.35. The fourth-order valence-electron chi connectivity index (χ4n) is 1.11. The predicted molar refractivity (Wildman–Crippen MR) is 57.7 cm³/mol. The van der Waals surface area contributed by atoms with E-state index in [0.717, 1.165) is 0 Å². The molecule has 0 bridgehead atoms. The molecule has 0 amide bonds. The highest BCUT2D eigenvalue weighted by atomic mass is 16.3. The van der Waals surface area contributed by atoms with Crippen LogP contribution in [0.15, 0.2) is 0 Å². The lowest BCUT2D eigenvalue weighted by Gasteiger charge is -2.21. The average molecular weight is 232 g/mol. The third kappa shape index (κ3) is 3.66. The standard InChI is InChI=1S/C11H20O5/c1-5(2)7(12)9(14)11(16)10(15)8(13)6(3)4/h5-9,12-14H,1-4H3/t7?,8?,9-/m0/s1. The number of aliphatic hydroxyl groups excluding tert-OH is 3. The van der Waals surface area contributed by atoms with Gasteiger partial charge in [-0.1, -0.05) is 27.7 Å². The zero-order valence-corrected chi connectivity index (χ0v) is 10.0. The topological polar surface area (TPSA) is 94.8 Å². The molecule has 0 saturated carbocycles. The first-order valence-electron chi connectivity index (χ1n) is 5.32. The first kappa shape index (κ1) is 15.2. The van der Waals surface area contributed by atoms with Crippen LogP contribution in [0.5, 0.6) is 0 Å². The first-order chi connectivity index (χ1) is 7.20. The Labute approximate surface area is 95.1 Å². The van der Waals surface area contributed by atoms with E-state index < -0.39 is 35.8 Å². The highest BCUT2D eigenvalue weighted by molar-refractivity contribution is 6.40. The van der Waals surface area contributed by atoms with Gasteiger partial charge >= 0.3 is 0 Å². The van der Waals surface area contributed by atoms with E-state index in [-0.39, 0.29) is 5.92 Å². The van der Waals surface area contributed by atoms with Crippen LogP contribution in [-0.4, -0.2) is 45.2 Å². The van der Waals surface area contributed by atoms with E-state index in [2.05, 4.69) is 0 Å². The van der Waals surface area contributed by atoms with Crippen molar-refractivity contribution in [2.24, 2.45) is 11.8 Å². The third-order valence-corrected chi connectivity index (χ3v) is 2.42. The molecule has 0 aliphatic heterocycles. The van der Waals surface area contributed by atoms with Crippen LogP contribution in [0.1, 0.15) is 27.7 Å². The van der Waals surface area contributed by atoms with Gasteiger partial charge in [0.1, 0.15) is 12.2 Å². The van der Waals surface area contributed by atoms with Gasteiger partial charge in [0.05, 0.1) is 6.10 Å². The van der Waals surface area contributed by atoms with Crippen molar-refractivity contribution in [1.29, 1.82) is 0 Å². The molecule has 0 aliphatic carbocycles. The van der Waals surface area contributed by atoms with Crippen molar-refractivity contribution >= 4 is 11.6 Å². The molecule has 16 heavy (non-hydrogen) atoms. The van der Waals surface area contributed by atoms with Crippen LogP contribution in [0, 0.1) is 11.8 Å². The molecule has 0 aliphatic rings. The lowest BCUT2D eigenvalue weighted by atomic mass is 9.93. The Bertz CT molecular complexity index is 259. The normalized spacial score (nSPS) is 17.3. The van der Waals surface area contributed by atoms with Crippen LogP contribution in [-0.2, 0) is 9.59 Å². The molecule has 94 valence electrons. The fraction of sp³-hybridized carbons (Fsp3) is 0.818. The molecule has 0 aromatic carbocycles. The van der Waals surface area contributed by atoms with Gasteiger partial charge in [-0.05, 0) is 11.8 Å². The minimum absolute atomic E-state index is 0.344. The minimum atomic E-state index is -1.76. The summed E-state index contributed by atoms with van der Waals surface area (Å²) in [6.07, 6.45) is -4.49. The van der Waals surface area contributed by atoms with E-state index in [9.17, 15) is 24.9 Å². The van der Waals surface area contributed by atoms with E-state index in [1.54, 1.807) is 27.7 Å². The van der Waals surface area contributed by atoms with Crippen molar-refractivity contribution in [3.63, 3.8) is 0 Å². The van der Waals surface area contributed by atoms with Crippen LogP contribution in [0.2, 0.25) is 0 Å². The number of rotatable bonds is 6. The Hall–Kier alpha value is -0.780. The van der Waals surface area contributed by atoms with Crippen LogP contribution in [0.25, 0.3) is 0 Å². The van der Waals surface area contributed by atoms with E-state index in [0.29, 0.717) is 0 Å². The summed E-state index contributed by atoms with van der Waals surface area (Å²) >= 11 is 0. The van der Waals surface area contributed by atoms with Gasteiger partial charge in [0.25, 0.3) is 0 Å². The summed E-state index contributed by atoms with van der Waals surface area (Å²) in [5, 5.41) is 28.2. The van der Waals surface area contributed by atoms with Crippen molar-refractivity contribution < 1.29 is 24.9 Å². The molecule has 3 N–H and O–H groups in total. The number of ketones is 2. The third-order valence-electron chi connectivity index (χ3n) is 2.42. The molecule has 5 nitrogen and oxygen atoms in total. The molecule has 5 heteroatoms. The number of hydrogen-bond donors (Lipinski definition) is 3. The molecule has 3 atom stereocenters. The van der Waals surface area contributed by atoms with Gasteiger partial charge in [-0.15, -0.1) is 0 Å². The van der Waals surface area contributed by atoms with Gasteiger partial charge in [0, 0.05) is 0 Å². The van der Waals surface area contributed by atoms with Crippen molar-refractivity contribution in [1.82, 2.24) is 0 Å². The van der Waals surface area contributed by atoms with Crippen LogP contribution in [0.3, 0.4) is 0 Å². The van der Waals surface area contributed by atoms with Crippen molar-refractivity contribution in [3.05, 3.63) is 0 Å². The molecule has 0 radical (unpaired) electrons. The molecule has 0 fully saturated rings. The van der Waals surface area contributed by atoms with Crippen LogP contribution >= 0.6 is 0 Å². The maximum atomic E-state index is 11.4. The number of hydrogen-bond acceptors (Lipinski definition) is 5. The smallest absolute Gasteiger partial charge is 0.232 e. The molecule has 0 saturated heterocycles. The predicted octanol–water partition coefficient (Wildman–Crippen LogP) is -0.481. The van der Waals surface area contributed by atoms with Crippen LogP contribution in [0.4, 0.5) is 0 Å². The number of carbonyl (C=O) groups excluding carboxylic acids is 2. The summed E-state index contributed by atoms with van der Waals surface area (Å²) in [6.45, 7) is 6.40. The second kappa shape index (κ2) is 6.08. The maximum Gasteiger partial charge on any atom is 0.232 e. The summed E-state index contributed by atoms with van der Waals surface area (Å²) in [4.78, 5) is 22.8. The summed E-state index contributed by atoms with van der Waals surface area (Å²) < 4.78 is 0. The van der Waals surface area contributed by atoms with Crippen molar-refractivity contribution in [2.75, 3.05) is 0 Å². The molecular weight excluding hydrogens is 212 g/mol. The minimum Gasteiger partial charge on any atom is -0.390 e. The molecule has 0 spiro atoms. The van der Waals surface area contributed by atoms with Gasteiger partial charge in [-0.25, -0.2) is 0 Å². The Morgan fingerprint density at radius 2 is 1.12 bits per heavy atom. The van der Waals surface area contributed by atoms with E-state index >= 15 is 0 Å². The highest BCUT2D eigenvalue weighted by Crippen LogP contribution is 2.10. The lowest BCUT2D eigenvalue weighted by Crippen LogP contribution is -2.45. The number of Topliss-reactive ketones (excluding diaryl/α,β-unsaturated/α-hetero) is 2. The summed E-state index contributed by atoms with van der Waals surface area (Å²) in [5.41, 5.74) is 0. The van der Waals surface area contributed by atoms with Crippen molar-refractivity contribution in [2.45, 2.75) is 46.0 Å². The largest absolute Gasteiger partial charge is 0.390 e. The van der Waals surface area contributed by atoms with Crippen LogP contribution < -0.4 is 0 Å². The molecular formula is C11H20O5. The molecule has 0 rings (SSSR count). The average Bonchev–Trinajstić information content (AvgIpc) is 2.23. The molecule has 2 unspecified atom stereocenters. The van der Waals surface area contributed by atoms with Gasteiger partial charge in [-0.2, -0.15) is 0 Å². The quantitative estimate of drug-likeness (QED) is 0.538. The maximum absolute atomic E-state index is 11.4. The zero-order valence-electron chi connectivity index (χ0n) is 10.0. The second-order valence-electron chi connectivity index (χ2n) is 4.60. The fourth-order valence-corrected chi connectivity index (χ4v) is 1.11. The van der Waals surface area contributed by atoms with E-state index in [1.807, 2.05) is 0 Å². The van der Waals surface area contributed by atoms with E-state index in [1.165, 1.54) is 0 Å². The Balaban J connectivity index is 4.62. The van der Waals surface area contributed by atoms with Crippen molar-refractivity contribution in [3.8, 4) is 0 Å². The number of aliphatic hydroxyl groups is 3. The Kier molecular flexibility index (Phi) is 5.78. The summed E-state index contributed by atoms with van der Waals surface area (Å²) in [5.74, 6) is -2.94. The van der Waals surface area contributed by atoms with E-state index in [4.69, 9.17) is 0 Å². The SMILES string of the molecule is CC(C)C(O)C(=O)C(=O)[C@@H](O)C(O)C(C)C. The van der Waals surface area contributed by atoms with Gasteiger partial charge in [0.15, 0.2) is 0 Å². The molecule has 0 aromatic heterocycles. The second-order valence-corrected chi connectivity index (χ2v) is 4.60. The zero-order chi connectivity index (χ0) is 13.0. The Morgan fingerprint density at radius 1 is 0.750 bits per heavy atom. The van der Waals surface area contributed by atoms with Gasteiger partial charge < -0.3 is 15.3 Å². The monoisotopic (exact) mass is 232 g/mol. The molecule has 0 heterocycles. The molecule has 0 aromatic rings. The lowest BCUT2D eigenvalue weighted by molar-refractivity contribution is -0.151. The summed E-state index contributed by atoms with van der Waals surface area (Å²) in [7, 11) is 0. The first-order valence-corrected chi connectivity index (χ1v) is 5.32. The number of carbonyl (C=O) groups is 2. The summed E-state index contributed by atoms with van der Waals surface area (Å²) in [6, 6.07) is 0. The Morgan fingerprint density at radius 3 is 1.44 bits per heavy atom. The van der Waals surface area contributed by atoms with Gasteiger partial charge in [0.2, 0.25) is 11.6 Å².